The van der Waals surface area contributed by atoms with E-state index in [0.29, 0.717) is 5.57 Å². The molecule has 0 aromatic carbocycles. The predicted molar refractivity (Wildman–Crippen MR) is 29.0 cm³/mol. The van der Waals surface area contributed by atoms with Gasteiger partial charge >= 0.3 is 0 Å². The summed E-state index contributed by atoms with van der Waals surface area (Å²) in [5.41, 5.74) is 0.481. The van der Waals surface area contributed by atoms with Crippen molar-refractivity contribution in [2.24, 2.45) is 0 Å². The molecule has 0 saturated heterocycles. The zero-order valence-corrected chi connectivity index (χ0v) is 4.39. The van der Waals surface area contributed by atoms with Crippen LogP contribution in [0.3, 0.4) is 0 Å². The van der Waals surface area contributed by atoms with Gasteiger partial charge in [-0.3, -0.25) is 14.9 Å². The number of imide groups is 1. The van der Waals surface area contributed by atoms with Gasteiger partial charge in [0.25, 0.3) is 11.8 Å². The summed E-state index contributed by atoms with van der Waals surface area (Å²) in [5.74, 6) is -0.595. The van der Waals surface area contributed by atoms with Crippen LogP contribution in [0.2, 0.25) is 0 Å². The highest BCUT2D eigenvalue weighted by Gasteiger charge is 2.15. The summed E-state index contributed by atoms with van der Waals surface area (Å²) >= 11 is 0. The number of hydrogen-bond acceptors (Lipinski definition) is 2. The van der Waals surface area contributed by atoms with Crippen molar-refractivity contribution in [2.75, 3.05) is 0 Å². The zero-order chi connectivity index (χ0) is 6.15. The summed E-state index contributed by atoms with van der Waals surface area (Å²) in [5, 5.41) is 2.10. The average molecular weight is 113 g/mol. The summed E-state index contributed by atoms with van der Waals surface area (Å²) in [4.78, 5) is 20.6. The third-order valence-electron chi connectivity index (χ3n) is 0.942. The Bertz CT molecular complexity index is 185. The molecule has 0 bridgehead atoms. The molecule has 3 nitrogen and oxygen atoms in total. The lowest BCUT2D eigenvalue weighted by Crippen LogP contribution is -2.21. The number of amides is 2. The first-order valence-corrected chi connectivity index (χ1v) is 2.24. The quantitative estimate of drug-likeness (QED) is 0.443. The Morgan fingerprint density at radius 1 is 1.62 bits per heavy atom. The fourth-order valence-electron chi connectivity index (χ4n) is 0.509. The smallest absolute Gasteiger partial charge is 0.253 e. The summed E-state index contributed by atoms with van der Waals surface area (Å²) in [6.07, 6.45) is 1.28. The second kappa shape index (κ2) is 1.43. The lowest BCUT2D eigenvalue weighted by atomic mass is 10.3. The molecule has 3 heteroatoms. The average Bonchev–Trinajstić information content (AvgIpc) is 1.85. The van der Waals surface area contributed by atoms with Crippen LogP contribution >= 0.6 is 0 Å². The Labute approximate surface area is 47.9 Å². The van der Waals surface area contributed by atoms with Crippen molar-refractivity contribution in [3.63, 3.8) is 0 Å². The molecule has 0 aromatic heterocycles. The first kappa shape index (κ1) is 5.03. The van der Waals surface area contributed by atoms with Crippen molar-refractivity contribution in [1.29, 1.82) is 0 Å². The highest BCUT2D eigenvalue weighted by Crippen LogP contribution is 1.97. The molecule has 0 fully saturated rings. The standard InChI is InChI=1S/C5H5NO2.H2/c1-3-2-4(7)6-5(3)8;/h2H,1H3,(H,6,7,8);1H. The van der Waals surface area contributed by atoms with Crippen LogP contribution in [0.15, 0.2) is 11.6 Å². The van der Waals surface area contributed by atoms with Gasteiger partial charge in [-0.2, -0.15) is 0 Å². The Balaban J connectivity index is 0.000000640. The molecule has 0 aliphatic carbocycles. The van der Waals surface area contributed by atoms with Gasteiger partial charge in [0.15, 0.2) is 0 Å². The van der Waals surface area contributed by atoms with Crippen LogP contribution < -0.4 is 5.32 Å². The van der Waals surface area contributed by atoms with Crippen LogP contribution in [0.25, 0.3) is 0 Å². The van der Waals surface area contributed by atoms with Crippen LogP contribution in [0.1, 0.15) is 8.35 Å². The second-order valence-corrected chi connectivity index (χ2v) is 1.65. The molecule has 1 aliphatic heterocycles. The van der Waals surface area contributed by atoms with Crippen LogP contribution in [0, 0.1) is 0 Å². The normalized spacial score (nSPS) is 18.4. The number of carbonyl (C=O) groups is 2. The van der Waals surface area contributed by atoms with E-state index in [1.807, 2.05) is 0 Å². The van der Waals surface area contributed by atoms with Crippen molar-refractivity contribution < 1.29 is 11.0 Å². The van der Waals surface area contributed by atoms with Gasteiger partial charge in [-0.05, 0) is 6.92 Å². The van der Waals surface area contributed by atoms with Crippen LogP contribution in [-0.4, -0.2) is 11.8 Å². The maximum absolute atomic E-state index is 10.4. The van der Waals surface area contributed by atoms with E-state index in [2.05, 4.69) is 5.32 Å². The van der Waals surface area contributed by atoms with Gasteiger partial charge in [-0.25, -0.2) is 0 Å². The van der Waals surface area contributed by atoms with Gasteiger partial charge in [0.05, 0.1) is 0 Å². The van der Waals surface area contributed by atoms with E-state index < -0.39 is 0 Å². The molecular weight excluding hydrogens is 106 g/mol. The van der Waals surface area contributed by atoms with Crippen molar-refractivity contribution in [3.8, 4) is 0 Å². The van der Waals surface area contributed by atoms with E-state index in [4.69, 9.17) is 0 Å². The highest BCUT2D eigenvalue weighted by molar-refractivity contribution is 6.15. The summed E-state index contributed by atoms with van der Waals surface area (Å²) in [7, 11) is 0. The summed E-state index contributed by atoms with van der Waals surface area (Å²) in [6, 6.07) is 0. The fourth-order valence-corrected chi connectivity index (χ4v) is 0.509. The zero-order valence-electron chi connectivity index (χ0n) is 4.39. The number of nitrogens with one attached hydrogen (secondary N) is 1. The predicted octanol–water partition coefficient (Wildman–Crippen LogP) is -0.165. The lowest BCUT2D eigenvalue weighted by molar-refractivity contribution is -0.123. The molecule has 0 spiro atoms. The second-order valence-electron chi connectivity index (χ2n) is 1.65. The molecule has 1 rings (SSSR count). The molecular formula is C5H7NO2. The van der Waals surface area contributed by atoms with Gasteiger partial charge in [-0.15, -0.1) is 0 Å². The topological polar surface area (TPSA) is 46.2 Å². The van der Waals surface area contributed by atoms with Gasteiger partial charge in [0.2, 0.25) is 0 Å². The first-order valence-electron chi connectivity index (χ1n) is 2.24. The van der Waals surface area contributed by atoms with Crippen LogP contribution in [0.4, 0.5) is 0 Å². The molecule has 1 heterocycles. The van der Waals surface area contributed by atoms with E-state index in [-0.39, 0.29) is 13.2 Å². The van der Waals surface area contributed by atoms with E-state index in [0.717, 1.165) is 0 Å². The van der Waals surface area contributed by atoms with Crippen molar-refractivity contribution >= 4 is 11.8 Å². The summed E-state index contributed by atoms with van der Waals surface area (Å²) in [6.45, 7) is 1.60. The molecule has 44 valence electrons. The van der Waals surface area contributed by atoms with Gasteiger partial charge < -0.3 is 0 Å². The monoisotopic (exact) mass is 113 g/mol. The van der Waals surface area contributed by atoms with E-state index in [9.17, 15) is 9.59 Å². The summed E-state index contributed by atoms with van der Waals surface area (Å²) < 4.78 is 0. The fraction of sp³-hybridized carbons (Fsp3) is 0.200. The molecule has 1 aliphatic rings. The number of hydrogen-bond donors (Lipinski definition) is 1. The van der Waals surface area contributed by atoms with Gasteiger partial charge in [0.1, 0.15) is 0 Å². The maximum Gasteiger partial charge on any atom is 0.253 e. The largest absolute Gasteiger partial charge is 0.289 e. The van der Waals surface area contributed by atoms with E-state index in [1.165, 1.54) is 6.08 Å². The van der Waals surface area contributed by atoms with Gasteiger partial charge in [0, 0.05) is 13.1 Å². The lowest BCUT2D eigenvalue weighted by Gasteiger charge is -1.84. The molecule has 0 saturated carbocycles. The maximum atomic E-state index is 10.4. The molecule has 0 radical (unpaired) electrons. The Hall–Kier alpha value is -1.12. The molecule has 2 amide bonds. The number of rotatable bonds is 0. The minimum Gasteiger partial charge on any atom is -0.289 e. The third kappa shape index (κ3) is 0.621. The van der Waals surface area contributed by atoms with Crippen molar-refractivity contribution in [2.45, 2.75) is 6.92 Å². The highest BCUT2D eigenvalue weighted by atomic mass is 16.2. The number of carbonyl (C=O) groups excluding carboxylic acids is 2. The Kier molecular flexibility index (Phi) is 0.901. The minimum atomic E-state index is -0.312. The molecule has 0 atom stereocenters. The van der Waals surface area contributed by atoms with Crippen molar-refractivity contribution in [1.82, 2.24) is 5.32 Å². The SMILES string of the molecule is CC1=CC(=O)NC1=O.[HH]. The molecule has 8 heavy (non-hydrogen) atoms. The minimum absolute atomic E-state index is 0. The van der Waals surface area contributed by atoms with Crippen molar-refractivity contribution in [3.05, 3.63) is 11.6 Å². The first-order chi connectivity index (χ1) is 3.70. The Morgan fingerprint density at radius 3 is 2.38 bits per heavy atom. The van der Waals surface area contributed by atoms with Crippen LogP contribution in [0.5, 0.6) is 0 Å². The van der Waals surface area contributed by atoms with E-state index >= 15 is 0 Å². The van der Waals surface area contributed by atoms with Crippen LogP contribution in [-0.2, 0) is 9.59 Å². The Morgan fingerprint density at radius 2 is 2.25 bits per heavy atom. The van der Waals surface area contributed by atoms with Gasteiger partial charge in [-0.1, -0.05) is 0 Å². The third-order valence-corrected chi connectivity index (χ3v) is 0.942. The molecule has 0 unspecified atom stereocenters. The molecule has 1 N–H and O–H groups in total. The van der Waals surface area contributed by atoms with E-state index in [1.54, 1.807) is 6.92 Å². The molecule has 0 aromatic rings.